The molecule has 0 aliphatic carbocycles. The second-order valence-corrected chi connectivity index (χ2v) is 5.16. The molecule has 2 unspecified atom stereocenters. The highest BCUT2D eigenvalue weighted by Crippen LogP contribution is 2.22. The zero-order chi connectivity index (χ0) is 11.4. The molecule has 2 aliphatic rings. The maximum atomic E-state index is 12.2. The molecule has 2 rings (SSSR count). The van der Waals surface area contributed by atoms with Gasteiger partial charge in [-0.2, -0.15) is 0 Å². The van der Waals surface area contributed by atoms with Crippen molar-refractivity contribution in [3.63, 3.8) is 0 Å². The van der Waals surface area contributed by atoms with E-state index in [0.717, 1.165) is 45.4 Å². The molecule has 2 saturated heterocycles. The van der Waals surface area contributed by atoms with Gasteiger partial charge in [-0.15, -0.1) is 11.6 Å². The molecule has 0 radical (unpaired) electrons. The van der Waals surface area contributed by atoms with Gasteiger partial charge in [-0.05, 0) is 25.7 Å². The Bertz CT molecular complexity index is 229. The Labute approximate surface area is 102 Å². The van der Waals surface area contributed by atoms with Crippen LogP contribution in [0, 0.1) is 0 Å². The summed E-state index contributed by atoms with van der Waals surface area (Å²) in [6.07, 6.45) is 6.58. The predicted octanol–water partition coefficient (Wildman–Crippen LogP) is 2.18. The molecular formula is C12H20ClNO2. The molecule has 2 aliphatic heterocycles. The van der Waals surface area contributed by atoms with E-state index in [4.69, 9.17) is 16.3 Å². The smallest absolute Gasteiger partial charge is 0.243 e. The van der Waals surface area contributed by atoms with E-state index in [-0.39, 0.29) is 12.0 Å². The number of nitrogens with zero attached hydrogens (tertiary/aromatic N) is 1. The summed E-state index contributed by atoms with van der Waals surface area (Å²) in [5.74, 6) is 0.0791. The number of halogens is 1. The van der Waals surface area contributed by atoms with Gasteiger partial charge in [0.2, 0.25) is 5.91 Å². The molecule has 0 saturated carbocycles. The lowest BCUT2D eigenvalue weighted by Gasteiger charge is -2.25. The number of carbonyl (C=O) groups is 1. The minimum atomic E-state index is -0.472. The third-order valence-electron chi connectivity index (χ3n) is 3.44. The summed E-state index contributed by atoms with van der Waals surface area (Å²) in [6, 6.07) is 0. The monoisotopic (exact) mass is 245 g/mol. The van der Waals surface area contributed by atoms with Gasteiger partial charge < -0.3 is 9.64 Å². The number of alkyl halides is 1. The summed E-state index contributed by atoms with van der Waals surface area (Å²) in [4.78, 5) is 14.1. The normalized spacial score (nSPS) is 28.8. The average Bonchev–Trinajstić information content (AvgIpc) is 2.70. The highest BCUT2D eigenvalue weighted by Gasteiger charge is 2.32. The van der Waals surface area contributed by atoms with Gasteiger partial charge in [0.05, 0.1) is 6.10 Å². The van der Waals surface area contributed by atoms with E-state index in [2.05, 4.69) is 0 Å². The number of rotatable bonds is 2. The van der Waals surface area contributed by atoms with Crippen LogP contribution in [0.4, 0.5) is 0 Å². The van der Waals surface area contributed by atoms with Crippen LogP contribution in [-0.4, -0.2) is 42.0 Å². The van der Waals surface area contributed by atoms with Crippen LogP contribution in [0.25, 0.3) is 0 Å². The van der Waals surface area contributed by atoms with Crippen LogP contribution in [0.3, 0.4) is 0 Å². The van der Waals surface area contributed by atoms with Gasteiger partial charge in [0.1, 0.15) is 5.38 Å². The Morgan fingerprint density at radius 3 is 2.44 bits per heavy atom. The van der Waals surface area contributed by atoms with E-state index in [0.29, 0.717) is 0 Å². The topological polar surface area (TPSA) is 29.5 Å². The molecular weight excluding hydrogens is 226 g/mol. The lowest BCUT2D eigenvalue weighted by molar-refractivity contribution is -0.132. The summed E-state index contributed by atoms with van der Waals surface area (Å²) >= 11 is 6.21. The van der Waals surface area contributed by atoms with E-state index in [9.17, 15) is 4.79 Å². The van der Waals surface area contributed by atoms with Crippen molar-refractivity contribution in [2.45, 2.75) is 50.0 Å². The van der Waals surface area contributed by atoms with Crippen LogP contribution in [0.15, 0.2) is 0 Å². The Balaban J connectivity index is 1.88. The quantitative estimate of drug-likeness (QED) is 0.698. The minimum absolute atomic E-state index is 0.0579. The Hall–Kier alpha value is -0.280. The highest BCUT2D eigenvalue weighted by atomic mass is 35.5. The molecule has 0 aromatic heterocycles. The van der Waals surface area contributed by atoms with Gasteiger partial charge in [-0.1, -0.05) is 12.8 Å². The maximum absolute atomic E-state index is 12.2. The molecule has 0 spiro atoms. The molecule has 0 bridgehead atoms. The second-order valence-electron chi connectivity index (χ2n) is 4.69. The van der Waals surface area contributed by atoms with Gasteiger partial charge in [0.15, 0.2) is 0 Å². The third-order valence-corrected chi connectivity index (χ3v) is 3.91. The van der Waals surface area contributed by atoms with E-state index in [1.807, 2.05) is 4.90 Å². The lowest BCUT2D eigenvalue weighted by Crippen LogP contribution is -2.42. The zero-order valence-corrected chi connectivity index (χ0v) is 10.4. The fourth-order valence-electron chi connectivity index (χ4n) is 2.46. The number of likely N-dealkylation sites (tertiary alicyclic amines) is 1. The number of amides is 1. The molecule has 0 aromatic rings. The molecule has 2 atom stereocenters. The van der Waals surface area contributed by atoms with Crippen LogP contribution in [0.1, 0.15) is 38.5 Å². The van der Waals surface area contributed by atoms with E-state index >= 15 is 0 Å². The first kappa shape index (κ1) is 12.2. The predicted molar refractivity (Wildman–Crippen MR) is 63.7 cm³/mol. The third kappa shape index (κ3) is 2.89. The van der Waals surface area contributed by atoms with Gasteiger partial charge in [0, 0.05) is 19.7 Å². The highest BCUT2D eigenvalue weighted by molar-refractivity contribution is 6.31. The molecule has 2 heterocycles. The fourth-order valence-corrected chi connectivity index (χ4v) is 2.79. The minimum Gasteiger partial charge on any atom is -0.376 e. The van der Waals surface area contributed by atoms with Gasteiger partial charge >= 0.3 is 0 Å². The van der Waals surface area contributed by atoms with Crippen molar-refractivity contribution in [1.29, 1.82) is 0 Å². The van der Waals surface area contributed by atoms with Crippen LogP contribution < -0.4 is 0 Å². The first-order chi connectivity index (χ1) is 7.79. The standard InChI is InChI=1S/C12H20ClNO2/c13-11(10-6-5-9-16-10)12(15)14-7-3-1-2-4-8-14/h10-11H,1-9H2. The number of hydrogen-bond acceptors (Lipinski definition) is 2. The Kier molecular flexibility index (Phi) is 4.47. The summed E-state index contributed by atoms with van der Waals surface area (Å²) in [7, 11) is 0. The number of hydrogen-bond donors (Lipinski definition) is 0. The Morgan fingerprint density at radius 1 is 1.19 bits per heavy atom. The molecule has 1 amide bonds. The van der Waals surface area contributed by atoms with Gasteiger partial charge in [-0.3, -0.25) is 4.79 Å². The summed E-state index contributed by atoms with van der Waals surface area (Å²) in [6.45, 7) is 2.49. The van der Waals surface area contributed by atoms with Crippen molar-refractivity contribution in [2.75, 3.05) is 19.7 Å². The van der Waals surface area contributed by atoms with Crippen molar-refractivity contribution in [2.24, 2.45) is 0 Å². The lowest BCUT2D eigenvalue weighted by atomic mass is 10.1. The van der Waals surface area contributed by atoms with Crippen LogP contribution in [0.5, 0.6) is 0 Å². The molecule has 16 heavy (non-hydrogen) atoms. The van der Waals surface area contributed by atoms with Crippen molar-refractivity contribution < 1.29 is 9.53 Å². The average molecular weight is 246 g/mol. The number of carbonyl (C=O) groups excluding carboxylic acids is 1. The maximum Gasteiger partial charge on any atom is 0.243 e. The van der Waals surface area contributed by atoms with E-state index in [1.54, 1.807) is 0 Å². The van der Waals surface area contributed by atoms with Crippen LogP contribution >= 0.6 is 11.6 Å². The fraction of sp³-hybridized carbons (Fsp3) is 0.917. The molecule has 4 heteroatoms. The second kappa shape index (κ2) is 5.87. The summed E-state index contributed by atoms with van der Waals surface area (Å²) in [5.41, 5.74) is 0. The molecule has 3 nitrogen and oxygen atoms in total. The van der Waals surface area contributed by atoms with Crippen molar-refractivity contribution in [3.8, 4) is 0 Å². The van der Waals surface area contributed by atoms with Gasteiger partial charge in [-0.25, -0.2) is 0 Å². The van der Waals surface area contributed by atoms with Gasteiger partial charge in [0.25, 0.3) is 0 Å². The first-order valence-corrected chi connectivity index (χ1v) is 6.77. The largest absolute Gasteiger partial charge is 0.376 e. The molecule has 92 valence electrons. The summed E-state index contributed by atoms with van der Waals surface area (Å²) < 4.78 is 5.48. The van der Waals surface area contributed by atoms with Crippen molar-refractivity contribution in [3.05, 3.63) is 0 Å². The molecule has 0 N–H and O–H groups in total. The van der Waals surface area contributed by atoms with Crippen LogP contribution in [-0.2, 0) is 9.53 Å². The summed E-state index contributed by atoms with van der Waals surface area (Å²) in [5, 5.41) is -0.472. The first-order valence-electron chi connectivity index (χ1n) is 6.33. The van der Waals surface area contributed by atoms with E-state index in [1.165, 1.54) is 12.8 Å². The molecule has 2 fully saturated rings. The van der Waals surface area contributed by atoms with Crippen molar-refractivity contribution >= 4 is 17.5 Å². The number of ether oxygens (including phenoxy) is 1. The van der Waals surface area contributed by atoms with Crippen molar-refractivity contribution in [1.82, 2.24) is 4.90 Å². The SMILES string of the molecule is O=C(C(Cl)C1CCCO1)N1CCCCCC1. The molecule has 0 aromatic carbocycles. The zero-order valence-electron chi connectivity index (χ0n) is 9.66. The van der Waals surface area contributed by atoms with Crippen LogP contribution in [0.2, 0.25) is 0 Å². The van der Waals surface area contributed by atoms with E-state index < -0.39 is 5.38 Å². The Morgan fingerprint density at radius 2 is 1.88 bits per heavy atom.